The van der Waals surface area contributed by atoms with Crippen LogP contribution in [0.5, 0.6) is 11.5 Å². The minimum absolute atomic E-state index is 0.254. The van der Waals surface area contributed by atoms with E-state index in [0.717, 1.165) is 10.0 Å². The molecule has 0 aliphatic heterocycles. The van der Waals surface area contributed by atoms with Crippen LogP contribution in [-0.2, 0) is 0 Å². The number of halogens is 1. The monoisotopic (exact) mass is 298 g/mol. The molecule has 1 aromatic heterocycles. The first kappa shape index (κ1) is 11.8. The Morgan fingerprint density at radius 3 is 2.47 bits per heavy atom. The second kappa shape index (κ2) is 4.67. The second-order valence-electron chi connectivity index (χ2n) is 3.28. The third-order valence-electron chi connectivity index (χ3n) is 2.28. The van der Waals surface area contributed by atoms with Crippen molar-refractivity contribution >= 4 is 21.8 Å². The summed E-state index contributed by atoms with van der Waals surface area (Å²) in [5.41, 5.74) is 6.86. The van der Waals surface area contributed by atoms with E-state index in [9.17, 15) is 0 Å². The van der Waals surface area contributed by atoms with Crippen LogP contribution < -0.4 is 15.2 Å². The standard InChI is InChI=1S/C11H11BrN2O3/c1-15-10-6(8-5-9(13)17-14-8)3-4-7(12)11(10)16-2/h3-5H,13H2,1-2H3. The van der Waals surface area contributed by atoms with E-state index in [0.29, 0.717) is 17.2 Å². The number of ether oxygens (including phenoxy) is 2. The quantitative estimate of drug-likeness (QED) is 0.943. The molecule has 0 unspecified atom stereocenters. The van der Waals surface area contributed by atoms with E-state index in [-0.39, 0.29) is 5.88 Å². The zero-order valence-corrected chi connectivity index (χ0v) is 10.9. The van der Waals surface area contributed by atoms with E-state index in [1.54, 1.807) is 20.3 Å². The lowest BCUT2D eigenvalue weighted by molar-refractivity contribution is 0.354. The molecule has 0 aliphatic carbocycles. The Labute approximate surface area is 107 Å². The van der Waals surface area contributed by atoms with Gasteiger partial charge in [0.1, 0.15) is 5.69 Å². The molecule has 0 atom stereocenters. The second-order valence-corrected chi connectivity index (χ2v) is 4.13. The molecule has 90 valence electrons. The molecule has 1 aromatic carbocycles. The molecule has 5 nitrogen and oxygen atoms in total. The average Bonchev–Trinajstić information content (AvgIpc) is 2.75. The van der Waals surface area contributed by atoms with Crippen LogP contribution in [0.2, 0.25) is 0 Å². The molecular formula is C11H11BrN2O3. The number of nitrogens with two attached hydrogens (primary N) is 1. The predicted molar refractivity (Wildman–Crippen MR) is 67.2 cm³/mol. The fourth-order valence-electron chi connectivity index (χ4n) is 1.55. The van der Waals surface area contributed by atoms with Crippen LogP contribution in [0.15, 0.2) is 27.2 Å². The van der Waals surface area contributed by atoms with Gasteiger partial charge >= 0.3 is 0 Å². The van der Waals surface area contributed by atoms with E-state index >= 15 is 0 Å². The number of aromatic nitrogens is 1. The number of hydrogen-bond donors (Lipinski definition) is 1. The highest BCUT2D eigenvalue weighted by molar-refractivity contribution is 9.10. The SMILES string of the molecule is COc1c(Br)ccc(-c2cc(N)on2)c1OC. The highest BCUT2D eigenvalue weighted by Gasteiger charge is 2.17. The summed E-state index contributed by atoms with van der Waals surface area (Å²) >= 11 is 3.39. The van der Waals surface area contributed by atoms with Gasteiger partial charge in [-0.25, -0.2) is 0 Å². The average molecular weight is 299 g/mol. The Bertz CT molecular complexity index is 540. The molecule has 6 heteroatoms. The summed E-state index contributed by atoms with van der Waals surface area (Å²) in [7, 11) is 3.14. The van der Waals surface area contributed by atoms with Gasteiger partial charge in [-0.05, 0) is 28.1 Å². The zero-order chi connectivity index (χ0) is 12.4. The Balaban J connectivity index is 2.62. The van der Waals surface area contributed by atoms with Gasteiger partial charge in [0.25, 0.3) is 0 Å². The van der Waals surface area contributed by atoms with Crippen LogP contribution in [0.3, 0.4) is 0 Å². The van der Waals surface area contributed by atoms with Crippen molar-refractivity contribution in [3.8, 4) is 22.8 Å². The number of rotatable bonds is 3. The van der Waals surface area contributed by atoms with E-state index in [1.165, 1.54) is 0 Å². The number of anilines is 1. The van der Waals surface area contributed by atoms with Crippen molar-refractivity contribution in [3.63, 3.8) is 0 Å². The topological polar surface area (TPSA) is 70.5 Å². The van der Waals surface area contributed by atoms with Crippen LogP contribution in [0.1, 0.15) is 0 Å². The first-order valence-electron chi connectivity index (χ1n) is 4.80. The maximum Gasteiger partial charge on any atom is 0.222 e. The normalized spacial score (nSPS) is 10.3. The van der Waals surface area contributed by atoms with E-state index in [2.05, 4.69) is 21.1 Å². The summed E-state index contributed by atoms with van der Waals surface area (Å²) in [5.74, 6) is 1.44. The number of hydrogen-bond acceptors (Lipinski definition) is 5. The van der Waals surface area contributed by atoms with Crippen molar-refractivity contribution in [2.75, 3.05) is 20.0 Å². The number of benzene rings is 1. The van der Waals surface area contributed by atoms with Crippen molar-refractivity contribution in [2.45, 2.75) is 0 Å². The van der Waals surface area contributed by atoms with Gasteiger partial charge in [-0.3, -0.25) is 0 Å². The van der Waals surface area contributed by atoms with Gasteiger partial charge in [-0.15, -0.1) is 0 Å². The molecule has 0 aliphatic rings. The molecule has 0 saturated carbocycles. The van der Waals surface area contributed by atoms with Crippen molar-refractivity contribution in [1.82, 2.24) is 5.16 Å². The molecule has 0 radical (unpaired) electrons. The molecule has 0 saturated heterocycles. The summed E-state index contributed by atoms with van der Waals surface area (Å²) in [4.78, 5) is 0. The molecular weight excluding hydrogens is 288 g/mol. The first-order valence-corrected chi connectivity index (χ1v) is 5.59. The largest absolute Gasteiger partial charge is 0.492 e. The summed E-state index contributed by atoms with van der Waals surface area (Å²) in [6.07, 6.45) is 0. The number of nitrogen functional groups attached to an aromatic ring is 1. The fourth-order valence-corrected chi connectivity index (χ4v) is 2.02. The maximum atomic E-state index is 5.50. The van der Waals surface area contributed by atoms with Gasteiger partial charge in [-0.1, -0.05) is 5.16 Å². The minimum atomic E-state index is 0.254. The molecule has 2 aromatic rings. The molecule has 0 spiro atoms. The summed E-state index contributed by atoms with van der Waals surface area (Å²) in [6, 6.07) is 5.33. The lowest BCUT2D eigenvalue weighted by atomic mass is 10.1. The summed E-state index contributed by atoms with van der Waals surface area (Å²) in [6.45, 7) is 0. The Hall–Kier alpha value is -1.69. The molecule has 17 heavy (non-hydrogen) atoms. The van der Waals surface area contributed by atoms with Crippen molar-refractivity contribution < 1.29 is 14.0 Å². The molecule has 0 bridgehead atoms. The maximum absolute atomic E-state index is 5.50. The zero-order valence-electron chi connectivity index (χ0n) is 9.36. The highest BCUT2D eigenvalue weighted by Crippen LogP contribution is 2.42. The smallest absolute Gasteiger partial charge is 0.222 e. The minimum Gasteiger partial charge on any atom is -0.492 e. The lowest BCUT2D eigenvalue weighted by Crippen LogP contribution is -1.94. The number of nitrogens with zero attached hydrogens (tertiary/aromatic N) is 1. The van der Waals surface area contributed by atoms with Gasteiger partial charge in [0.15, 0.2) is 11.5 Å². The molecule has 2 rings (SSSR count). The van der Waals surface area contributed by atoms with Crippen molar-refractivity contribution in [3.05, 3.63) is 22.7 Å². The fraction of sp³-hybridized carbons (Fsp3) is 0.182. The summed E-state index contributed by atoms with van der Waals surface area (Å²) < 4.78 is 16.3. The van der Waals surface area contributed by atoms with E-state index in [1.807, 2.05) is 12.1 Å². The van der Waals surface area contributed by atoms with Gasteiger partial charge in [0.05, 0.1) is 18.7 Å². The van der Waals surface area contributed by atoms with Gasteiger partial charge in [0, 0.05) is 11.6 Å². The van der Waals surface area contributed by atoms with Gasteiger partial charge < -0.3 is 19.7 Å². The van der Waals surface area contributed by atoms with Crippen LogP contribution in [-0.4, -0.2) is 19.4 Å². The van der Waals surface area contributed by atoms with E-state index in [4.69, 9.17) is 19.7 Å². The van der Waals surface area contributed by atoms with Crippen molar-refractivity contribution in [2.24, 2.45) is 0 Å². The number of methoxy groups -OCH3 is 2. The Kier molecular flexibility index (Phi) is 3.23. The van der Waals surface area contributed by atoms with Crippen LogP contribution in [0, 0.1) is 0 Å². The third-order valence-corrected chi connectivity index (χ3v) is 2.90. The highest BCUT2D eigenvalue weighted by atomic mass is 79.9. The molecule has 1 heterocycles. The first-order chi connectivity index (χ1) is 8.17. The van der Waals surface area contributed by atoms with Crippen LogP contribution >= 0.6 is 15.9 Å². The predicted octanol–water partition coefficient (Wildman–Crippen LogP) is 2.70. The lowest BCUT2D eigenvalue weighted by Gasteiger charge is -2.12. The van der Waals surface area contributed by atoms with Crippen LogP contribution in [0.25, 0.3) is 11.3 Å². The third kappa shape index (κ3) is 2.08. The van der Waals surface area contributed by atoms with Crippen LogP contribution in [0.4, 0.5) is 5.88 Å². The molecule has 2 N–H and O–H groups in total. The Morgan fingerprint density at radius 1 is 1.24 bits per heavy atom. The Morgan fingerprint density at radius 2 is 1.94 bits per heavy atom. The molecule has 0 amide bonds. The van der Waals surface area contributed by atoms with E-state index < -0.39 is 0 Å². The van der Waals surface area contributed by atoms with Crippen molar-refractivity contribution in [1.29, 1.82) is 0 Å². The van der Waals surface area contributed by atoms with Gasteiger partial charge in [-0.2, -0.15) is 0 Å². The summed E-state index contributed by atoms with van der Waals surface area (Å²) in [5, 5.41) is 3.85. The molecule has 0 fully saturated rings. The van der Waals surface area contributed by atoms with Gasteiger partial charge in [0.2, 0.25) is 5.88 Å².